The van der Waals surface area contributed by atoms with Crippen molar-refractivity contribution in [2.75, 3.05) is 33.2 Å². The van der Waals surface area contributed by atoms with Gasteiger partial charge >= 0.3 is 12.1 Å². The first-order valence-corrected chi connectivity index (χ1v) is 14.7. The van der Waals surface area contributed by atoms with Crippen LogP contribution in [0.3, 0.4) is 0 Å². The molecular weight excluding hydrogens is 544 g/mol. The zero-order valence-electron chi connectivity index (χ0n) is 23.3. The molecule has 0 aromatic heterocycles. The number of rotatable bonds is 10. The van der Waals surface area contributed by atoms with E-state index in [1.54, 1.807) is 31.4 Å². The maximum atomic E-state index is 13.2. The second-order valence-corrected chi connectivity index (χ2v) is 11.1. The number of fused-ring (bicyclic) bond motifs is 3. The van der Waals surface area contributed by atoms with Gasteiger partial charge in [0.15, 0.2) is 12.2 Å². The van der Waals surface area contributed by atoms with Gasteiger partial charge in [-0.2, -0.15) is 0 Å². The van der Waals surface area contributed by atoms with E-state index in [2.05, 4.69) is 24.3 Å². The Bertz CT molecular complexity index is 1290. The van der Waals surface area contributed by atoms with Crippen molar-refractivity contribution in [3.8, 4) is 11.1 Å². The molecule has 8 nitrogen and oxygen atoms in total. The quantitative estimate of drug-likeness (QED) is 0.282. The van der Waals surface area contributed by atoms with Gasteiger partial charge in [-0.25, -0.2) is 9.59 Å². The van der Waals surface area contributed by atoms with Crippen LogP contribution in [-0.2, 0) is 28.4 Å². The minimum Gasteiger partial charge on any atom is -0.452 e. The molecule has 1 aliphatic carbocycles. The van der Waals surface area contributed by atoms with Crippen LogP contribution in [0, 0.1) is 0 Å². The molecule has 2 aliphatic rings. The van der Waals surface area contributed by atoms with Crippen LogP contribution in [-0.4, -0.2) is 75.2 Å². The number of thioether (sulfide) groups is 1. The SMILES string of the molecule is CCS[C@@H]1O[C@H](COC)[C@@H](OC(=O)OCC2c3ccccc3-c3ccccc32)[C@H](OC)[C@H]1OC(=O)c1ccccc1. The summed E-state index contributed by atoms with van der Waals surface area (Å²) in [6.45, 7) is 2.23. The molecule has 0 N–H and O–H groups in total. The van der Waals surface area contributed by atoms with Gasteiger partial charge in [-0.1, -0.05) is 73.7 Å². The van der Waals surface area contributed by atoms with Crippen LogP contribution in [0.4, 0.5) is 4.79 Å². The van der Waals surface area contributed by atoms with Crippen LogP contribution in [0.2, 0.25) is 0 Å². The number of methoxy groups -OCH3 is 2. The van der Waals surface area contributed by atoms with Crippen molar-refractivity contribution in [2.24, 2.45) is 0 Å². The fourth-order valence-electron chi connectivity index (χ4n) is 5.51. The van der Waals surface area contributed by atoms with Gasteiger partial charge in [-0.05, 0) is 40.1 Å². The summed E-state index contributed by atoms with van der Waals surface area (Å²) in [5.74, 6) is 0.0708. The number of carbonyl (C=O) groups excluding carboxylic acids is 2. The van der Waals surface area contributed by atoms with Crippen molar-refractivity contribution in [1.29, 1.82) is 0 Å². The average molecular weight is 579 g/mol. The molecule has 5 atom stereocenters. The van der Waals surface area contributed by atoms with Crippen molar-refractivity contribution in [1.82, 2.24) is 0 Å². The highest BCUT2D eigenvalue weighted by Crippen LogP contribution is 2.44. The van der Waals surface area contributed by atoms with E-state index in [1.807, 2.05) is 37.3 Å². The molecule has 0 radical (unpaired) electrons. The van der Waals surface area contributed by atoms with Crippen molar-refractivity contribution in [2.45, 2.75) is 42.7 Å². The Balaban J connectivity index is 1.33. The molecule has 0 bridgehead atoms. The topological polar surface area (TPSA) is 89.5 Å². The first-order chi connectivity index (χ1) is 20.0. The van der Waals surface area contributed by atoms with Gasteiger partial charge in [0, 0.05) is 20.1 Å². The molecule has 1 heterocycles. The van der Waals surface area contributed by atoms with E-state index in [9.17, 15) is 9.59 Å². The molecule has 0 saturated carbocycles. The number of hydrogen-bond donors (Lipinski definition) is 0. The predicted octanol–water partition coefficient (Wildman–Crippen LogP) is 5.69. The first kappa shape index (κ1) is 29.1. The lowest BCUT2D eigenvalue weighted by atomic mass is 9.98. The average Bonchev–Trinajstić information content (AvgIpc) is 3.32. The number of benzene rings is 3. The molecule has 0 unspecified atom stereocenters. The van der Waals surface area contributed by atoms with Gasteiger partial charge in [0.2, 0.25) is 0 Å². The van der Waals surface area contributed by atoms with Crippen LogP contribution in [0.15, 0.2) is 78.9 Å². The van der Waals surface area contributed by atoms with Crippen LogP contribution in [0.25, 0.3) is 11.1 Å². The molecule has 0 spiro atoms. The summed E-state index contributed by atoms with van der Waals surface area (Å²) in [5, 5.41) is 0. The van der Waals surface area contributed by atoms with Crippen LogP contribution in [0.5, 0.6) is 0 Å². The van der Waals surface area contributed by atoms with E-state index in [4.69, 9.17) is 28.4 Å². The summed E-state index contributed by atoms with van der Waals surface area (Å²) in [6.07, 6.45) is -4.14. The predicted molar refractivity (Wildman–Crippen MR) is 155 cm³/mol. The molecule has 3 aromatic rings. The lowest BCUT2D eigenvalue weighted by Crippen LogP contribution is -2.61. The monoisotopic (exact) mass is 578 g/mol. The van der Waals surface area contributed by atoms with E-state index in [1.165, 1.54) is 18.9 Å². The minimum atomic E-state index is -0.946. The standard InChI is InChI=1S/C32H34O8S/c1-4-41-31-29(39-30(33)20-12-6-5-7-13-20)28(36-3)27(26(38-31)19-35-2)40-32(34)37-18-25-23-16-10-8-14-21(23)22-15-9-11-17-24(22)25/h5-17,25-29,31H,4,18-19H2,1-3H3/t26-,27-,28+,29-,31+/m1/s1. The molecule has 41 heavy (non-hydrogen) atoms. The molecular formula is C32H34O8S. The third kappa shape index (κ3) is 6.28. The highest BCUT2D eigenvalue weighted by atomic mass is 32.2. The Morgan fingerprint density at radius 2 is 1.41 bits per heavy atom. The molecule has 1 saturated heterocycles. The van der Waals surface area contributed by atoms with Gasteiger partial charge in [-0.15, -0.1) is 11.8 Å². The van der Waals surface area contributed by atoms with E-state index < -0.39 is 42.0 Å². The summed E-state index contributed by atoms with van der Waals surface area (Å²) in [7, 11) is 3.03. The Hall–Kier alpha value is -3.37. The molecule has 5 rings (SSSR count). The molecule has 0 amide bonds. The third-order valence-electron chi connectivity index (χ3n) is 7.34. The van der Waals surface area contributed by atoms with Crippen molar-refractivity contribution < 1.29 is 38.0 Å². The van der Waals surface area contributed by atoms with Crippen LogP contribution < -0.4 is 0 Å². The fourth-order valence-corrected chi connectivity index (χ4v) is 6.46. The Labute approximate surface area is 244 Å². The summed E-state index contributed by atoms with van der Waals surface area (Å²) in [6, 6.07) is 24.9. The number of carbonyl (C=O) groups is 2. The zero-order valence-corrected chi connectivity index (χ0v) is 24.1. The summed E-state index contributed by atoms with van der Waals surface area (Å²) in [5.41, 5.74) is 4.31. The van der Waals surface area contributed by atoms with E-state index in [0.29, 0.717) is 11.3 Å². The zero-order chi connectivity index (χ0) is 28.8. The molecule has 216 valence electrons. The van der Waals surface area contributed by atoms with Gasteiger partial charge in [0.1, 0.15) is 24.3 Å². The molecule has 9 heteroatoms. The summed E-state index contributed by atoms with van der Waals surface area (Å²) >= 11 is 1.47. The highest BCUT2D eigenvalue weighted by molar-refractivity contribution is 7.99. The molecule has 1 fully saturated rings. The number of ether oxygens (including phenoxy) is 6. The van der Waals surface area contributed by atoms with Gasteiger partial charge in [-0.3, -0.25) is 0 Å². The highest BCUT2D eigenvalue weighted by Gasteiger charge is 2.51. The van der Waals surface area contributed by atoms with Gasteiger partial charge in [0.25, 0.3) is 0 Å². The smallest absolute Gasteiger partial charge is 0.452 e. The van der Waals surface area contributed by atoms with Crippen molar-refractivity contribution in [3.63, 3.8) is 0 Å². The fraction of sp³-hybridized carbons (Fsp3) is 0.375. The third-order valence-corrected chi connectivity index (χ3v) is 8.38. The molecule has 1 aliphatic heterocycles. The number of hydrogen-bond acceptors (Lipinski definition) is 9. The van der Waals surface area contributed by atoms with Gasteiger partial charge in [0.05, 0.1) is 12.2 Å². The first-order valence-electron chi connectivity index (χ1n) is 13.6. The Morgan fingerprint density at radius 3 is 2.02 bits per heavy atom. The van der Waals surface area contributed by atoms with Crippen LogP contribution in [0.1, 0.15) is 34.3 Å². The van der Waals surface area contributed by atoms with E-state index in [0.717, 1.165) is 22.3 Å². The normalized spacial score (nSPS) is 23.3. The number of esters is 1. The maximum absolute atomic E-state index is 13.2. The van der Waals surface area contributed by atoms with E-state index in [-0.39, 0.29) is 19.1 Å². The van der Waals surface area contributed by atoms with Crippen molar-refractivity contribution >= 4 is 23.9 Å². The summed E-state index contributed by atoms with van der Waals surface area (Å²) < 4.78 is 35.0. The lowest BCUT2D eigenvalue weighted by molar-refractivity contribution is -0.219. The van der Waals surface area contributed by atoms with Gasteiger partial charge < -0.3 is 28.4 Å². The van der Waals surface area contributed by atoms with Crippen molar-refractivity contribution in [3.05, 3.63) is 95.6 Å². The Kier molecular flexibility index (Phi) is 9.61. The second-order valence-electron chi connectivity index (χ2n) is 9.76. The Morgan fingerprint density at radius 1 is 0.780 bits per heavy atom. The maximum Gasteiger partial charge on any atom is 0.508 e. The molecule has 3 aromatic carbocycles. The second kappa shape index (κ2) is 13.5. The van der Waals surface area contributed by atoms with Crippen LogP contribution >= 0.6 is 11.8 Å². The lowest BCUT2D eigenvalue weighted by Gasteiger charge is -2.44. The summed E-state index contributed by atoms with van der Waals surface area (Å²) in [4.78, 5) is 26.2. The minimum absolute atomic E-state index is 0.105. The van der Waals surface area contributed by atoms with E-state index >= 15 is 0 Å². The largest absolute Gasteiger partial charge is 0.508 e.